The summed E-state index contributed by atoms with van der Waals surface area (Å²) in [6.07, 6.45) is 0.583. The molecule has 0 atom stereocenters. The van der Waals surface area contributed by atoms with Gasteiger partial charge in [0.15, 0.2) is 5.82 Å². The van der Waals surface area contributed by atoms with Crippen LogP contribution in [0.15, 0.2) is 10.5 Å². The van der Waals surface area contributed by atoms with Crippen LogP contribution in [0.2, 0.25) is 5.02 Å². The van der Waals surface area contributed by atoms with E-state index in [-0.39, 0.29) is 15.4 Å². The highest BCUT2D eigenvalue weighted by Crippen LogP contribution is 2.37. The van der Waals surface area contributed by atoms with Crippen LogP contribution in [-0.2, 0) is 17.8 Å². The zero-order chi connectivity index (χ0) is 12.9. The normalized spacial score (nSPS) is 14.9. The van der Waals surface area contributed by atoms with E-state index in [1.807, 2.05) is 0 Å². The Labute approximate surface area is 115 Å². The Bertz CT molecular complexity index is 663. The summed E-state index contributed by atoms with van der Waals surface area (Å²) in [6.45, 7) is 0.855. The molecule has 0 bridgehead atoms. The molecule has 1 aromatic heterocycles. The van der Waals surface area contributed by atoms with Gasteiger partial charge in [-0.15, -0.1) is 0 Å². The number of nitrogens with zero attached hydrogens (tertiary/aromatic N) is 1. The van der Waals surface area contributed by atoms with Crippen LogP contribution in [0.5, 0.6) is 0 Å². The number of pyridine rings is 1. The zero-order valence-electron chi connectivity index (χ0n) is 9.07. The van der Waals surface area contributed by atoms with Crippen LogP contribution < -0.4 is 0 Å². The number of fused-ring (bicyclic) bond motifs is 2. The van der Waals surface area contributed by atoms with Crippen molar-refractivity contribution in [3.05, 3.63) is 38.5 Å². The van der Waals surface area contributed by atoms with E-state index in [0.717, 1.165) is 11.8 Å². The van der Waals surface area contributed by atoms with Crippen molar-refractivity contribution < 1.29 is 13.5 Å². The Morgan fingerprint density at radius 2 is 2.11 bits per heavy atom. The van der Waals surface area contributed by atoms with Crippen LogP contribution in [0, 0.1) is 11.6 Å². The number of hydrogen-bond acceptors (Lipinski definition) is 2. The third-order valence-electron chi connectivity index (χ3n) is 2.95. The summed E-state index contributed by atoms with van der Waals surface area (Å²) >= 11 is 9.31. The van der Waals surface area contributed by atoms with E-state index in [9.17, 15) is 8.78 Å². The van der Waals surface area contributed by atoms with E-state index in [2.05, 4.69) is 20.9 Å². The van der Waals surface area contributed by atoms with Crippen LogP contribution in [0.25, 0.3) is 10.9 Å². The van der Waals surface area contributed by atoms with Crippen molar-refractivity contribution in [2.24, 2.45) is 0 Å². The Hall–Kier alpha value is -0.780. The van der Waals surface area contributed by atoms with Crippen molar-refractivity contribution in [1.29, 1.82) is 0 Å². The van der Waals surface area contributed by atoms with Crippen LogP contribution in [-0.4, -0.2) is 11.6 Å². The quantitative estimate of drug-likeness (QED) is 0.679. The van der Waals surface area contributed by atoms with Gasteiger partial charge in [-0.2, -0.15) is 0 Å². The molecule has 1 aromatic carbocycles. The molecule has 94 valence electrons. The van der Waals surface area contributed by atoms with Gasteiger partial charge in [0.25, 0.3) is 0 Å². The van der Waals surface area contributed by atoms with E-state index in [1.54, 1.807) is 0 Å². The number of benzene rings is 1. The lowest BCUT2D eigenvalue weighted by Crippen LogP contribution is -2.13. The van der Waals surface area contributed by atoms with Crippen LogP contribution in [0.1, 0.15) is 11.3 Å². The predicted molar refractivity (Wildman–Crippen MR) is 67.7 cm³/mol. The average Bonchev–Trinajstić information content (AvgIpc) is 2.36. The second-order valence-corrected chi connectivity index (χ2v) is 5.20. The van der Waals surface area contributed by atoms with Crippen molar-refractivity contribution in [2.75, 3.05) is 6.61 Å². The molecular formula is C12H7BrClF2NO. The molecule has 2 aromatic rings. The molecule has 18 heavy (non-hydrogen) atoms. The van der Waals surface area contributed by atoms with Gasteiger partial charge in [0.05, 0.1) is 28.4 Å². The lowest BCUT2D eigenvalue weighted by atomic mass is 10.1. The molecule has 0 saturated heterocycles. The lowest BCUT2D eigenvalue weighted by Gasteiger charge is -2.19. The summed E-state index contributed by atoms with van der Waals surface area (Å²) in [5.41, 5.74) is 1.52. The van der Waals surface area contributed by atoms with Gasteiger partial charge in [-0.25, -0.2) is 13.8 Å². The van der Waals surface area contributed by atoms with E-state index in [4.69, 9.17) is 16.3 Å². The lowest BCUT2D eigenvalue weighted by molar-refractivity contribution is 0.109. The summed E-state index contributed by atoms with van der Waals surface area (Å²) in [4.78, 5) is 4.24. The van der Waals surface area contributed by atoms with Gasteiger partial charge < -0.3 is 4.74 Å². The second-order valence-electron chi connectivity index (χ2n) is 4.03. The van der Waals surface area contributed by atoms with Crippen LogP contribution in [0.4, 0.5) is 8.78 Å². The molecule has 0 aliphatic carbocycles. The molecule has 1 aliphatic rings. The zero-order valence-corrected chi connectivity index (χ0v) is 11.4. The van der Waals surface area contributed by atoms with Crippen molar-refractivity contribution in [1.82, 2.24) is 4.98 Å². The van der Waals surface area contributed by atoms with Gasteiger partial charge in [-0.3, -0.25) is 0 Å². The first-order valence-corrected chi connectivity index (χ1v) is 6.49. The molecule has 0 spiro atoms. The van der Waals surface area contributed by atoms with Gasteiger partial charge in [0, 0.05) is 23.4 Å². The van der Waals surface area contributed by atoms with E-state index in [1.165, 1.54) is 0 Å². The number of aromatic nitrogens is 1. The molecule has 0 saturated carbocycles. The highest BCUT2D eigenvalue weighted by atomic mass is 79.9. The van der Waals surface area contributed by atoms with Gasteiger partial charge in [0.2, 0.25) is 0 Å². The summed E-state index contributed by atoms with van der Waals surface area (Å²) in [5, 5.41) is 0.568. The van der Waals surface area contributed by atoms with Crippen LogP contribution >= 0.6 is 27.5 Å². The van der Waals surface area contributed by atoms with Gasteiger partial charge in [0.1, 0.15) is 11.3 Å². The highest BCUT2D eigenvalue weighted by Gasteiger charge is 2.22. The Balaban J connectivity index is 2.46. The van der Waals surface area contributed by atoms with E-state index < -0.39 is 11.6 Å². The fourth-order valence-electron chi connectivity index (χ4n) is 2.07. The number of halogens is 4. The molecule has 0 amide bonds. The number of rotatable bonds is 0. The first-order chi connectivity index (χ1) is 8.59. The maximum absolute atomic E-state index is 13.8. The number of ether oxygens (including phenoxy) is 1. The fourth-order valence-corrected chi connectivity index (χ4v) is 3.03. The average molecular weight is 335 g/mol. The minimum atomic E-state index is -0.707. The monoisotopic (exact) mass is 333 g/mol. The Kier molecular flexibility index (Phi) is 3.00. The third-order valence-corrected chi connectivity index (χ3v) is 4.15. The SMILES string of the molecule is Fc1cc(F)c2nc3c(c(Cl)c2c1Br)COCC3. The molecule has 3 rings (SSSR count). The summed E-state index contributed by atoms with van der Waals surface area (Å²) in [6, 6.07) is 0.807. The smallest absolute Gasteiger partial charge is 0.152 e. The summed E-state index contributed by atoms with van der Waals surface area (Å²) in [7, 11) is 0. The molecule has 0 N–H and O–H groups in total. The van der Waals surface area contributed by atoms with Crippen molar-refractivity contribution in [3.8, 4) is 0 Å². The highest BCUT2D eigenvalue weighted by molar-refractivity contribution is 9.10. The Morgan fingerprint density at radius 1 is 1.33 bits per heavy atom. The minimum Gasteiger partial charge on any atom is -0.376 e. The molecule has 0 unspecified atom stereocenters. The first kappa shape index (κ1) is 12.3. The van der Waals surface area contributed by atoms with E-state index >= 15 is 0 Å². The number of hydrogen-bond donors (Lipinski definition) is 0. The molecule has 0 radical (unpaired) electrons. The van der Waals surface area contributed by atoms with Crippen LogP contribution in [0.3, 0.4) is 0 Å². The minimum absolute atomic E-state index is 0.0916. The predicted octanol–water partition coefficient (Wildman–Crippen LogP) is 4.00. The topological polar surface area (TPSA) is 22.1 Å². The van der Waals surface area contributed by atoms with Crippen molar-refractivity contribution in [2.45, 2.75) is 13.0 Å². The van der Waals surface area contributed by atoms with E-state index in [0.29, 0.717) is 30.2 Å². The molecule has 2 heterocycles. The summed E-state index contributed by atoms with van der Waals surface area (Å²) in [5.74, 6) is -1.40. The molecular weight excluding hydrogens is 327 g/mol. The second kappa shape index (κ2) is 4.40. The maximum atomic E-state index is 13.8. The van der Waals surface area contributed by atoms with Crippen molar-refractivity contribution >= 4 is 38.4 Å². The molecule has 2 nitrogen and oxygen atoms in total. The molecule has 6 heteroatoms. The first-order valence-electron chi connectivity index (χ1n) is 5.31. The van der Waals surface area contributed by atoms with Gasteiger partial charge >= 0.3 is 0 Å². The van der Waals surface area contributed by atoms with Gasteiger partial charge in [-0.05, 0) is 15.9 Å². The molecule has 0 fully saturated rings. The standard InChI is InChI=1S/C12H7BrClF2NO/c13-10-6(15)3-7(16)12-9(10)11(14)5-4-18-2-1-8(5)17-12/h3H,1-2,4H2. The largest absolute Gasteiger partial charge is 0.376 e. The fraction of sp³-hybridized carbons (Fsp3) is 0.250. The summed E-state index contributed by atoms with van der Waals surface area (Å²) < 4.78 is 32.7. The van der Waals surface area contributed by atoms with Gasteiger partial charge in [-0.1, -0.05) is 11.6 Å². The van der Waals surface area contributed by atoms with Crippen molar-refractivity contribution in [3.63, 3.8) is 0 Å². The maximum Gasteiger partial charge on any atom is 0.152 e. The third kappa shape index (κ3) is 1.73. The Morgan fingerprint density at radius 3 is 2.89 bits per heavy atom. The molecule has 1 aliphatic heterocycles.